The Hall–Kier alpha value is -3.43. The number of aliphatic hydroxyl groups excluding tert-OH is 2. The van der Waals surface area contributed by atoms with Gasteiger partial charge < -0.3 is 20.0 Å². The number of pyridine rings is 1. The van der Waals surface area contributed by atoms with E-state index in [2.05, 4.69) is 4.98 Å². The maximum absolute atomic E-state index is 13.0. The van der Waals surface area contributed by atoms with Gasteiger partial charge in [0.15, 0.2) is 0 Å². The Morgan fingerprint density at radius 2 is 1.82 bits per heavy atom. The first-order valence-corrected chi connectivity index (χ1v) is 10.8. The average molecular weight is 471 g/mol. The molecule has 1 aliphatic heterocycles. The van der Waals surface area contributed by atoms with Crippen molar-refractivity contribution in [3.8, 4) is 11.3 Å². The molecule has 9 heteroatoms. The Labute approximate surface area is 194 Å². The van der Waals surface area contributed by atoms with E-state index in [1.54, 1.807) is 23.1 Å². The van der Waals surface area contributed by atoms with Crippen molar-refractivity contribution < 1.29 is 28.2 Å². The predicted octanol–water partition coefficient (Wildman–Crippen LogP) is 4.29. The van der Waals surface area contributed by atoms with E-state index in [-0.39, 0.29) is 5.91 Å². The third-order valence-electron chi connectivity index (χ3n) is 5.86. The third-order valence-corrected chi connectivity index (χ3v) is 5.86. The highest BCUT2D eigenvalue weighted by molar-refractivity contribution is 5.77. The van der Waals surface area contributed by atoms with Crippen molar-refractivity contribution in [1.82, 2.24) is 9.88 Å². The summed E-state index contributed by atoms with van der Waals surface area (Å²) in [7, 11) is 0. The molecule has 2 heterocycles. The van der Waals surface area contributed by atoms with E-state index in [9.17, 15) is 28.2 Å². The molecule has 0 aliphatic carbocycles. The molecule has 6 nitrogen and oxygen atoms in total. The van der Waals surface area contributed by atoms with Crippen LogP contribution in [0.25, 0.3) is 11.3 Å². The number of alkyl halides is 3. The summed E-state index contributed by atoms with van der Waals surface area (Å²) < 4.78 is 39.1. The molecule has 34 heavy (non-hydrogen) atoms. The van der Waals surface area contributed by atoms with Gasteiger partial charge in [-0.3, -0.25) is 4.79 Å². The first-order valence-electron chi connectivity index (χ1n) is 10.8. The molecule has 0 saturated carbocycles. The Bertz CT molecular complexity index is 1180. The Morgan fingerprint density at radius 3 is 2.47 bits per heavy atom. The summed E-state index contributed by atoms with van der Waals surface area (Å²) in [6.45, 7) is 2.22. The summed E-state index contributed by atoms with van der Waals surface area (Å²) in [6, 6.07) is 15.7. The summed E-state index contributed by atoms with van der Waals surface area (Å²) in [6.07, 6.45) is -5.51. The lowest BCUT2D eigenvalue weighted by atomic mass is 10.0. The smallest absolute Gasteiger partial charge is 0.393 e. The van der Waals surface area contributed by atoms with Gasteiger partial charge in [-0.25, -0.2) is 4.98 Å². The molecule has 178 valence electrons. The monoisotopic (exact) mass is 471 g/mol. The van der Waals surface area contributed by atoms with Crippen molar-refractivity contribution in [2.24, 2.45) is 0 Å². The Kier molecular flexibility index (Phi) is 6.58. The molecular formula is C25H24F3N3O3. The van der Waals surface area contributed by atoms with E-state index in [1.165, 1.54) is 19.1 Å². The van der Waals surface area contributed by atoms with Crippen molar-refractivity contribution in [1.29, 1.82) is 0 Å². The van der Waals surface area contributed by atoms with Gasteiger partial charge in [0.05, 0.1) is 23.6 Å². The van der Waals surface area contributed by atoms with Crippen LogP contribution < -0.4 is 4.90 Å². The van der Waals surface area contributed by atoms with Crippen LogP contribution in [0.1, 0.15) is 29.8 Å². The maximum atomic E-state index is 13.0. The highest BCUT2D eigenvalue weighted by atomic mass is 19.4. The van der Waals surface area contributed by atoms with E-state index in [0.717, 1.165) is 28.9 Å². The molecule has 2 aromatic carbocycles. The number of carbonyl (C=O) groups is 1. The minimum absolute atomic E-state index is 0.100. The Morgan fingerprint density at radius 1 is 1.09 bits per heavy atom. The molecule has 0 saturated heterocycles. The first-order chi connectivity index (χ1) is 16.2. The van der Waals surface area contributed by atoms with Crippen molar-refractivity contribution in [3.05, 3.63) is 77.5 Å². The zero-order valence-electron chi connectivity index (χ0n) is 18.5. The number of hydrogen-bond donors (Lipinski definition) is 2. The number of benzene rings is 2. The van der Waals surface area contributed by atoms with Crippen LogP contribution in [-0.4, -0.2) is 45.7 Å². The summed E-state index contributed by atoms with van der Waals surface area (Å²) in [5, 5.41) is 19.1. The van der Waals surface area contributed by atoms with E-state index in [1.807, 2.05) is 23.1 Å². The summed E-state index contributed by atoms with van der Waals surface area (Å²) in [5.41, 5.74) is 3.17. The number of rotatable bonds is 4. The van der Waals surface area contributed by atoms with Crippen molar-refractivity contribution in [2.45, 2.75) is 25.7 Å². The first kappa shape index (κ1) is 23.7. The van der Waals surface area contributed by atoms with Crippen LogP contribution in [0.15, 0.2) is 60.7 Å². The zero-order valence-corrected chi connectivity index (χ0v) is 18.5. The fraction of sp³-hybridized carbons (Fsp3) is 0.280. The van der Waals surface area contributed by atoms with Gasteiger partial charge in [-0.15, -0.1) is 0 Å². The molecule has 0 radical (unpaired) electrons. The molecule has 1 aromatic heterocycles. The van der Waals surface area contributed by atoms with Gasteiger partial charge in [0, 0.05) is 43.5 Å². The second-order valence-electron chi connectivity index (χ2n) is 8.13. The van der Waals surface area contributed by atoms with Gasteiger partial charge in [0.2, 0.25) is 5.91 Å². The van der Waals surface area contributed by atoms with Crippen LogP contribution in [0, 0.1) is 0 Å². The minimum Gasteiger partial charge on any atom is -0.393 e. The van der Waals surface area contributed by atoms with Crippen LogP contribution in [0.4, 0.5) is 24.5 Å². The second kappa shape index (κ2) is 9.44. The standard InChI is InChI=1S/C25H24F3N3O3/c1-16(33)30-11-12-31(20-8-6-19(7-9-20)25(26,27)28)23-10-5-17(13-18(23)14-30)21-3-2-4-22(29-21)24(34)15-32/h2-10,13,24,32,34H,11-12,14-15H2,1H3/t24-/m1/s1. The SMILES string of the molecule is CC(=O)N1CCN(c2ccc(C(F)(F)F)cc2)c2ccc(-c3cccc([C@H](O)CO)n3)cc2C1. The summed E-state index contributed by atoms with van der Waals surface area (Å²) in [5.74, 6) is -0.100. The van der Waals surface area contributed by atoms with Gasteiger partial charge in [-0.1, -0.05) is 12.1 Å². The van der Waals surface area contributed by atoms with Crippen LogP contribution in [-0.2, 0) is 17.5 Å². The number of nitrogens with zero attached hydrogens (tertiary/aromatic N) is 3. The number of aromatic nitrogens is 1. The van der Waals surface area contributed by atoms with E-state index in [4.69, 9.17) is 0 Å². The molecular weight excluding hydrogens is 447 g/mol. The van der Waals surface area contributed by atoms with Gasteiger partial charge in [0.25, 0.3) is 0 Å². The van der Waals surface area contributed by atoms with Gasteiger partial charge in [-0.05, 0) is 54.1 Å². The number of fused-ring (bicyclic) bond motifs is 1. The van der Waals surface area contributed by atoms with Crippen molar-refractivity contribution >= 4 is 17.3 Å². The molecule has 0 spiro atoms. The quantitative estimate of drug-likeness (QED) is 0.594. The largest absolute Gasteiger partial charge is 0.416 e. The molecule has 3 aromatic rings. The average Bonchev–Trinajstić information content (AvgIpc) is 3.02. The summed E-state index contributed by atoms with van der Waals surface area (Å²) >= 11 is 0. The number of aliphatic hydroxyl groups is 2. The molecule has 0 unspecified atom stereocenters. The second-order valence-corrected chi connectivity index (χ2v) is 8.13. The molecule has 1 aliphatic rings. The lowest BCUT2D eigenvalue weighted by Gasteiger charge is -2.25. The topological polar surface area (TPSA) is 76.9 Å². The minimum atomic E-state index is -4.42. The third kappa shape index (κ3) is 4.90. The van der Waals surface area contributed by atoms with Gasteiger partial charge in [-0.2, -0.15) is 13.2 Å². The fourth-order valence-electron chi connectivity index (χ4n) is 4.02. The zero-order chi connectivity index (χ0) is 24.5. The van der Waals surface area contributed by atoms with Crippen LogP contribution in [0.3, 0.4) is 0 Å². The number of anilines is 2. The highest BCUT2D eigenvalue weighted by Gasteiger charge is 2.30. The van der Waals surface area contributed by atoms with E-state index >= 15 is 0 Å². The highest BCUT2D eigenvalue weighted by Crippen LogP contribution is 2.36. The number of hydrogen-bond acceptors (Lipinski definition) is 5. The number of carbonyl (C=O) groups excluding carboxylic acids is 1. The normalized spacial score (nSPS) is 15.0. The Balaban J connectivity index is 1.75. The number of amides is 1. The van der Waals surface area contributed by atoms with Crippen molar-refractivity contribution in [3.63, 3.8) is 0 Å². The lowest BCUT2D eigenvalue weighted by molar-refractivity contribution is -0.137. The van der Waals surface area contributed by atoms with E-state index in [0.29, 0.717) is 36.7 Å². The predicted molar refractivity (Wildman–Crippen MR) is 121 cm³/mol. The molecule has 1 amide bonds. The van der Waals surface area contributed by atoms with Crippen LogP contribution in [0.5, 0.6) is 0 Å². The molecule has 0 bridgehead atoms. The van der Waals surface area contributed by atoms with Gasteiger partial charge >= 0.3 is 6.18 Å². The fourth-order valence-corrected chi connectivity index (χ4v) is 4.02. The maximum Gasteiger partial charge on any atom is 0.416 e. The lowest BCUT2D eigenvalue weighted by Crippen LogP contribution is -2.32. The molecule has 0 fully saturated rings. The number of halogens is 3. The molecule has 2 N–H and O–H groups in total. The van der Waals surface area contributed by atoms with Crippen LogP contribution >= 0.6 is 0 Å². The molecule has 1 atom stereocenters. The van der Waals surface area contributed by atoms with Crippen molar-refractivity contribution in [2.75, 3.05) is 24.6 Å². The summed E-state index contributed by atoms with van der Waals surface area (Å²) in [4.78, 5) is 20.2. The van der Waals surface area contributed by atoms with Crippen LogP contribution in [0.2, 0.25) is 0 Å². The molecule has 4 rings (SSSR count). The van der Waals surface area contributed by atoms with Gasteiger partial charge in [0.1, 0.15) is 6.10 Å². The van der Waals surface area contributed by atoms with E-state index < -0.39 is 24.5 Å².